The van der Waals surface area contributed by atoms with Gasteiger partial charge in [-0.25, -0.2) is 9.78 Å². The number of carboxylic acids is 1. The van der Waals surface area contributed by atoms with Gasteiger partial charge in [-0.2, -0.15) is 0 Å². The average molecular weight is 634 g/mol. The van der Waals surface area contributed by atoms with Crippen LogP contribution >= 0.6 is 22.9 Å². The maximum atomic E-state index is 14.7. The van der Waals surface area contributed by atoms with E-state index in [-0.39, 0.29) is 38.5 Å². The molecule has 1 aliphatic heterocycles. The highest BCUT2D eigenvalue weighted by atomic mass is 35.5. The van der Waals surface area contributed by atoms with Crippen LogP contribution in [0.15, 0.2) is 47.4 Å². The third kappa shape index (κ3) is 6.20. The quantitative estimate of drug-likeness (QED) is 0.241. The summed E-state index contributed by atoms with van der Waals surface area (Å²) in [5, 5.41) is 14.0. The predicted molar refractivity (Wildman–Crippen MR) is 174 cm³/mol. The Morgan fingerprint density at radius 3 is 2.34 bits per heavy atom. The van der Waals surface area contributed by atoms with Gasteiger partial charge >= 0.3 is 5.97 Å². The van der Waals surface area contributed by atoms with Crippen molar-refractivity contribution in [1.29, 1.82) is 0 Å². The number of para-hydroxylation sites is 1. The average Bonchev–Trinajstić information content (AvgIpc) is 3.47. The Kier molecular flexibility index (Phi) is 9.62. The molecular weight excluding hydrogens is 598 g/mol. The minimum Gasteiger partial charge on any atom is -0.477 e. The Morgan fingerprint density at radius 1 is 1.09 bits per heavy atom. The number of aromatic nitrogens is 3. The van der Waals surface area contributed by atoms with Gasteiger partial charge in [0.15, 0.2) is 0 Å². The van der Waals surface area contributed by atoms with Crippen molar-refractivity contribution in [1.82, 2.24) is 24.8 Å². The van der Waals surface area contributed by atoms with Gasteiger partial charge in [-0.1, -0.05) is 57.5 Å². The maximum Gasteiger partial charge on any atom is 0.348 e. The second-order valence-corrected chi connectivity index (χ2v) is 12.6. The van der Waals surface area contributed by atoms with Crippen LogP contribution in [0.25, 0.3) is 27.6 Å². The maximum absolute atomic E-state index is 14.7. The number of carbonyl (C=O) groups is 2. The zero-order chi connectivity index (χ0) is 31.5. The fourth-order valence-corrected chi connectivity index (χ4v) is 6.66. The normalized spacial score (nSPS) is 13.5. The van der Waals surface area contributed by atoms with Crippen molar-refractivity contribution in [3.8, 4) is 27.6 Å². The summed E-state index contributed by atoms with van der Waals surface area (Å²) >= 11 is 6.93. The van der Waals surface area contributed by atoms with Crippen molar-refractivity contribution in [2.24, 2.45) is 5.92 Å². The van der Waals surface area contributed by atoms with Gasteiger partial charge in [-0.3, -0.25) is 19.1 Å². The second-order valence-electron chi connectivity index (χ2n) is 11.2. The molecule has 0 saturated carbocycles. The molecule has 4 heterocycles. The van der Waals surface area contributed by atoms with Crippen molar-refractivity contribution in [3.63, 3.8) is 0 Å². The predicted octanol–water partition coefficient (Wildman–Crippen LogP) is 5.74. The van der Waals surface area contributed by atoms with E-state index in [1.165, 1.54) is 6.20 Å². The molecule has 0 spiro atoms. The van der Waals surface area contributed by atoms with Gasteiger partial charge in [0.05, 0.1) is 27.5 Å². The first-order valence-corrected chi connectivity index (χ1v) is 16.1. The molecule has 5 rings (SSSR count). The molecule has 11 heteroatoms. The molecule has 0 unspecified atom stereocenters. The summed E-state index contributed by atoms with van der Waals surface area (Å²) in [4.78, 5) is 52.1. The Balaban J connectivity index is 1.86. The lowest BCUT2D eigenvalue weighted by molar-refractivity contribution is 0.0700. The zero-order valence-electron chi connectivity index (χ0n) is 25.3. The highest BCUT2D eigenvalue weighted by Gasteiger charge is 2.30. The van der Waals surface area contributed by atoms with E-state index < -0.39 is 5.97 Å². The molecule has 1 fully saturated rings. The highest BCUT2D eigenvalue weighted by molar-refractivity contribution is 7.17. The van der Waals surface area contributed by atoms with E-state index in [1.807, 2.05) is 36.9 Å². The summed E-state index contributed by atoms with van der Waals surface area (Å²) in [5.74, 6) is -1.18. The molecule has 1 aliphatic rings. The number of aryl methyl sites for hydroxylation is 2. The fraction of sp³-hybridized carbons (Fsp3) is 0.364. The standard InChI is InChI=1S/C33H36ClN5O4S/c1-5-20-8-7-9-21(6-2)28(20)39-26(16-19(3)4)23(31(40)38-14-12-35-13-15-38)17-24(32(39)41)30-37-27(29(44-30)33(42)43)25-11-10-22(34)18-36-25/h7-11,17-19,35H,5-6,12-16H2,1-4H3,(H,42,43). The number of pyridine rings is 2. The number of piperazine rings is 1. The van der Waals surface area contributed by atoms with Crippen molar-refractivity contribution in [2.45, 2.75) is 47.0 Å². The number of aromatic carboxylic acids is 1. The first-order valence-electron chi connectivity index (χ1n) is 14.9. The van der Waals surface area contributed by atoms with Crippen LogP contribution in [0, 0.1) is 5.92 Å². The minimum atomic E-state index is -1.18. The first kappa shape index (κ1) is 31.6. The number of benzene rings is 1. The molecule has 0 bridgehead atoms. The topological polar surface area (TPSA) is 117 Å². The molecule has 0 aliphatic carbocycles. The van der Waals surface area contributed by atoms with Crippen molar-refractivity contribution in [3.05, 3.63) is 85.2 Å². The molecule has 1 saturated heterocycles. The third-order valence-electron chi connectivity index (χ3n) is 7.75. The summed E-state index contributed by atoms with van der Waals surface area (Å²) in [5.41, 5.74) is 4.16. The molecule has 0 atom stereocenters. The Bertz CT molecular complexity index is 1730. The number of carboxylic acid groups (broad SMARTS) is 1. The molecule has 44 heavy (non-hydrogen) atoms. The Labute approximate surface area is 265 Å². The summed E-state index contributed by atoms with van der Waals surface area (Å²) in [6, 6.07) is 10.9. The van der Waals surface area contributed by atoms with Gasteiger partial charge in [0.2, 0.25) is 0 Å². The number of hydrogen-bond acceptors (Lipinski definition) is 7. The van der Waals surface area contributed by atoms with Gasteiger partial charge in [-0.05, 0) is 54.5 Å². The molecular formula is C33H36ClN5O4S. The van der Waals surface area contributed by atoms with Crippen LogP contribution < -0.4 is 10.9 Å². The van der Waals surface area contributed by atoms with Crippen molar-refractivity contribution >= 4 is 34.8 Å². The Morgan fingerprint density at radius 2 is 1.77 bits per heavy atom. The number of nitrogens with one attached hydrogen (secondary N) is 1. The Hall–Kier alpha value is -3.86. The number of thiazole rings is 1. The van der Waals surface area contributed by atoms with Gasteiger partial charge < -0.3 is 15.3 Å². The molecule has 3 aromatic heterocycles. The van der Waals surface area contributed by atoms with Gasteiger partial charge in [0.25, 0.3) is 11.5 Å². The molecule has 230 valence electrons. The second kappa shape index (κ2) is 13.4. The summed E-state index contributed by atoms with van der Waals surface area (Å²) < 4.78 is 1.71. The van der Waals surface area contributed by atoms with Crippen LogP contribution in [0.5, 0.6) is 0 Å². The highest BCUT2D eigenvalue weighted by Crippen LogP contribution is 2.35. The van der Waals surface area contributed by atoms with E-state index in [1.54, 1.807) is 22.8 Å². The van der Waals surface area contributed by atoms with Crippen LogP contribution in [-0.2, 0) is 19.3 Å². The molecule has 1 amide bonds. The van der Waals surface area contributed by atoms with E-state index in [2.05, 4.69) is 29.1 Å². The largest absolute Gasteiger partial charge is 0.477 e. The number of nitrogens with zero attached hydrogens (tertiary/aromatic N) is 4. The zero-order valence-corrected chi connectivity index (χ0v) is 26.9. The monoisotopic (exact) mass is 633 g/mol. The fourth-order valence-electron chi connectivity index (χ4n) is 5.63. The van der Waals surface area contributed by atoms with Crippen molar-refractivity contribution in [2.75, 3.05) is 26.2 Å². The smallest absolute Gasteiger partial charge is 0.348 e. The van der Waals surface area contributed by atoms with Crippen LogP contribution in [0.1, 0.15) is 64.5 Å². The minimum absolute atomic E-state index is 0.0507. The van der Waals surface area contributed by atoms with Crippen LogP contribution in [0.4, 0.5) is 0 Å². The number of halogens is 1. The lowest BCUT2D eigenvalue weighted by atomic mass is 9.97. The third-order valence-corrected chi connectivity index (χ3v) is 9.05. The van der Waals surface area contributed by atoms with Crippen LogP contribution in [0.2, 0.25) is 5.02 Å². The lowest BCUT2D eigenvalue weighted by Crippen LogP contribution is -2.47. The molecule has 1 aromatic carbocycles. The molecule has 4 aromatic rings. The van der Waals surface area contributed by atoms with Gasteiger partial charge in [-0.15, -0.1) is 11.3 Å². The van der Waals surface area contributed by atoms with E-state index in [9.17, 15) is 19.5 Å². The number of amides is 1. The van der Waals surface area contributed by atoms with E-state index in [4.69, 9.17) is 11.6 Å². The number of carbonyl (C=O) groups excluding carboxylic acids is 1. The summed E-state index contributed by atoms with van der Waals surface area (Å²) in [6.07, 6.45) is 3.30. The summed E-state index contributed by atoms with van der Waals surface area (Å²) in [7, 11) is 0. The molecule has 2 N–H and O–H groups in total. The molecule has 0 radical (unpaired) electrons. The van der Waals surface area contributed by atoms with Gasteiger partial charge in [0, 0.05) is 38.1 Å². The van der Waals surface area contributed by atoms with Gasteiger partial charge in [0.1, 0.15) is 15.6 Å². The first-order chi connectivity index (χ1) is 21.1. The van der Waals surface area contributed by atoms with Crippen molar-refractivity contribution < 1.29 is 14.7 Å². The SMILES string of the molecule is CCc1cccc(CC)c1-n1c(CC(C)C)c(C(=O)N2CCNCC2)cc(-c2nc(-c3ccc(Cl)cn3)c(C(=O)O)s2)c1=O. The number of hydrogen-bond donors (Lipinski definition) is 2. The molecule has 9 nitrogen and oxygen atoms in total. The van der Waals surface area contributed by atoms with E-state index >= 15 is 0 Å². The number of rotatable bonds is 9. The lowest BCUT2D eigenvalue weighted by Gasteiger charge is -2.30. The van der Waals surface area contributed by atoms with E-state index in [0.717, 1.165) is 28.2 Å². The van der Waals surface area contributed by atoms with E-state index in [0.29, 0.717) is 67.4 Å². The van der Waals surface area contributed by atoms with Crippen LogP contribution in [-0.4, -0.2) is 62.6 Å². The summed E-state index contributed by atoms with van der Waals surface area (Å²) in [6.45, 7) is 10.7. The van der Waals surface area contributed by atoms with Crippen LogP contribution in [0.3, 0.4) is 0 Å².